The van der Waals surface area contributed by atoms with Crippen LogP contribution in [-0.4, -0.2) is 5.11 Å². The van der Waals surface area contributed by atoms with Crippen molar-refractivity contribution in [3.05, 3.63) is 82.2 Å². The van der Waals surface area contributed by atoms with Gasteiger partial charge < -0.3 is 9.52 Å². The van der Waals surface area contributed by atoms with E-state index in [2.05, 4.69) is 13.8 Å². The number of aryl methyl sites for hydroxylation is 1. The lowest BCUT2D eigenvalue weighted by Gasteiger charge is -2.11. The van der Waals surface area contributed by atoms with Gasteiger partial charge in [-0.1, -0.05) is 68.4 Å². The first-order valence-corrected chi connectivity index (χ1v) is 10.1. The molecule has 3 nitrogen and oxygen atoms in total. The molecule has 2 aromatic carbocycles. The lowest BCUT2D eigenvalue weighted by molar-refractivity contribution is 0.430. The fourth-order valence-corrected chi connectivity index (χ4v) is 3.76. The minimum Gasteiger partial charge on any atom is -0.506 e. The summed E-state index contributed by atoms with van der Waals surface area (Å²) in [6.45, 7) is 4.38. The highest BCUT2D eigenvalue weighted by Crippen LogP contribution is 2.33. The Labute approximate surface area is 164 Å². The molecule has 140 valence electrons. The predicted molar refractivity (Wildman–Crippen MR) is 111 cm³/mol. The van der Waals surface area contributed by atoms with Gasteiger partial charge >= 0.3 is 5.63 Å². The molecule has 1 N–H and O–H groups in total. The normalized spacial score (nSPS) is 11.1. The highest BCUT2D eigenvalue weighted by Gasteiger charge is 2.15. The Balaban J connectivity index is 1.86. The second-order valence-corrected chi connectivity index (χ2v) is 7.96. The van der Waals surface area contributed by atoms with Gasteiger partial charge in [-0.2, -0.15) is 0 Å². The molecule has 0 saturated heterocycles. The van der Waals surface area contributed by atoms with Crippen LogP contribution in [0.25, 0.3) is 11.3 Å². The lowest BCUT2D eigenvalue weighted by atomic mass is 9.97. The Kier molecular flexibility index (Phi) is 6.40. The van der Waals surface area contributed by atoms with Crippen molar-refractivity contribution < 1.29 is 9.52 Å². The average Bonchev–Trinajstić information content (AvgIpc) is 2.66. The van der Waals surface area contributed by atoms with E-state index >= 15 is 0 Å². The summed E-state index contributed by atoms with van der Waals surface area (Å²) in [5, 5.41) is 10.4. The Bertz CT molecular complexity index is 945. The summed E-state index contributed by atoms with van der Waals surface area (Å²) in [7, 11) is 0. The molecular weight excluding hydrogens is 356 g/mol. The second-order valence-electron chi connectivity index (χ2n) is 6.98. The number of rotatable bonds is 7. The molecule has 0 atom stereocenters. The largest absolute Gasteiger partial charge is 0.506 e. The Morgan fingerprint density at radius 2 is 1.74 bits per heavy atom. The van der Waals surface area contributed by atoms with Crippen molar-refractivity contribution in [1.82, 2.24) is 0 Å². The highest BCUT2D eigenvalue weighted by molar-refractivity contribution is 7.98. The summed E-state index contributed by atoms with van der Waals surface area (Å²) in [6.07, 6.45) is 1.96. The summed E-state index contributed by atoms with van der Waals surface area (Å²) < 4.78 is 5.57. The van der Waals surface area contributed by atoms with Crippen molar-refractivity contribution in [1.29, 1.82) is 0 Å². The fourth-order valence-electron chi connectivity index (χ4n) is 2.89. The van der Waals surface area contributed by atoms with E-state index < -0.39 is 5.63 Å². The maximum absolute atomic E-state index is 12.5. The first kappa shape index (κ1) is 19.3. The molecule has 0 spiro atoms. The first-order valence-electron chi connectivity index (χ1n) is 9.16. The molecule has 1 heterocycles. The molecule has 0 unspecified atom stereocenters. The van der Waals surface area contributed by atoms with Gasteiger partial charge in [-0.05, 0) is 29.9 Å². The van der Waals surface area contributed by atoms with Crippen molar-refractivity contribution in [3.63, 3.8) is 0 Å². The van der Waals surface area contributed by atoms with Crippen molar-refractivity contribution in [2.24, 2.45) is 5.92 Å². The number of hydrogen-bond acceptors (Lipinski definition) is 4. The quantitative estimate of drug-likeness (QED) is 0.519. The molecule has 0 aliphatic heterocycles. The van der Waals surface area contributed by atoms with Gasteiger partial charge in [0.15, 0.2) is 0 Å². The third-order valence-corrected chi connectivity index (χ3v) is 5.53. The van der Waals surface area contributed by atoms with Crippen LogP contribution in [-0.2, 0) is 12.2 Å². The molecule has 0 radical (unpaired) electrons. The van der Waals surface area contributed by atoms with Crippen LogP contribution in [0, 0.1) is 5.92 Å². The van der Waals surface area contributed by atoms with Gasteiger partial charge in [-0.3, -0.25) is 0 Å². The summed E-state index contributed by atoms with van der Waals surface area (Å²) in [5.74, 6) is 1.58. The minimum absolute atomic E-state index is 0.0270. The van der Waals surface area contributed by atoms with Gasteiger partial charge in [-0.15, -0.1) is 11.8 Å². The van der Waals surface area contributed by atoms with E-state index in [0.29, 0.717) is 17.4 Å². The van der Waals surface area contributed by atoms with Crippen LogP contribution in [0.5, 0.6) is 5.75 Å². The smallest absolute Gasteiger partial charge is 0.353 e. The van der Waals surface area contributed by atoms with Crippen LogP contribution >= 0.6 is 11.8 Å². The van der Waals surface area contributed by atoms with Crippen LogP contribution in [0.15, 0.2) is 74.8 Å². The first-order chi connectivity index (χ1) is 13.0. The molecule has 27 heavy (non-hydrogen) atoms. The van der Waals surface area contributed by atoms with Gasteiger partial charge in [0.2, 0.25) is 0 Å². The number of thioether (sulfide) groups is 1. The zero-order valence-electron chi connectivity index (χ0n) is 15.6. The molecule has 3 aromatic rings. The zero-order valence-corrected chi connectivity index (χ0v) is 16.5. The Hall–Kier alpha value is -2.46. The van der Waals surface area contributed by atoms with Crippen LogP contribution in [0.2, 0.25) is 0 Å². The maximum atomic E-state index is 12.5. The number of hydrogen-bond donors (Lipinski definition) is 1. The SMILES string of the molecule is CC(C)CCc1ccccc1-c1cc(O)c(SCc2ccccc2)c(=O)o1. The monoisotopic (exact) mass is 380 g/mol. The van der Waals surface area contributed by atoms with E-state index in [1.165, 1.54) is 11.8 Å². The molecule has 0 amide bonds. The minimum atomic E-state index is -0.496. The average molecular weight is 381 g/mol. The summed E-state index contributed by atoms with van der Waals surface area (Å²) >= 11 is 1.29. The van der Waals surface area contributed by atoms with Gasteiger partial charge in [0.25, 0.3) is 0 Å². The topological polar surface area (TPSA) is 50.4 Å². The van der Waals surface area contributed by atoms with Crippen molar-refractivity contribution in [2.45, 2.75) is 37.3 Å². The number of benzene rings is 2. The summed E-state index contributed by atoms with van der Waals surface area (Å²) in [4.78, 5) is 12.7. The Morgan fingerprint density at radius 3 is 2.44 bits per heavy atom. The number of aromatic hydroxyl groups is 1. The van der Waals surface area contributed by atoms with Crippen molar-refractivity contribution >= 4 is 11.8 Å². The van der Waals surface area contributed by atoms with Crippen LogP contribution in [0.4, 0.5) is 0 Å². The van der Waals surface area contributed by atoms with Gasteiger partial charge in [0, 0.05) is 17.4 Å². The van der Waals surface area contributed by atoms with Crippen LogP contribution in [0.1, 0.15) is 31.4 Å². The standard InChI is InChI=1S/C23H24O3S/c1-16(2)12-13-18-10-6-7-11-19(18)21-14-20(24)22(23(25)26-21)27-15-17-8-4-3-5-9-17/h3-11,14,16,24H,12-13,15H2,1-2H3. The summed E-state index contributed by atoms with van der Waals surface area (Å²) in [6, 6.07) is 19.3. The molecule has 0 fully saturated rings. The zero-order chi connectivity index (χ0) is 19.2. The van der Waals surface area contributed by atoms with Crippen LogP contribution < -0.4 is 5.63 Å². The third kappa shape index (κ3) is 5.04. The molecule has 0 aliphatic carbocycles. The molecule has 3 rings (SSSR count). The molecular formula is C23H24O3S. The van der Waals surface area contributed by atoms with E-state index in [9.17, 15) is 9.90 Å². The van der Waals surface area contributed by atoms with Crippen LogP contribution in [0.3, 0.4) is 0 Å². The third-order valence-electron chi connectivity index (χ3n) is 4.39. The van der Waals surface area contributed by atoms with E-state index in [-0.39, 0.29) is 10.6 Å². The van der Waals surface area contributed by atoms with Crippen molar-refractivity contribution in [3.8, 4) is 17.1 Å². The molecule has 0 aliphatic rings. The maximum Gasteiger partial charge on any atom is 0.353 e. The van der Waals surface area contributed by atoms with Gasteiger partial charge in [0.05, 0.1) is 0 Å². The second kappa shape index (κ2) is 8.96. The highest BCUT2D eigenvalue weighted by atomic mass is 32.2. The van der Waals surface area contributed by atoms with Crippen molar-refractivity contribution in [2.75, 3.05) is 0 Å². The molecule has 0 saturated carbocycles. The van der Waals surface area contributed by atoms with Gasteiger partial charge in [0.1, 0.15) is 16.4 Å². The van der Waals surface area contributed by atoms with E-state index in [1.54, 1.807) is 6.07 Å². The van der Waals surface area contributed by atoms with E-state index in [4.69, 9.17) is 4.42 Å². The predicted octanol–water partition coefficient (Wildman–Crippen LogP) is 5.89. The van der Waals surface area contributed by atoms with E-state index in [1.807, 2.05) is 54.6 Å². The van der Waals surface area contributed by atoms with E-state index in [0.717, 1.165) is 29.5 Å². The molecule has 0 bridgehead atoms. The summed E-state index contributed by atoms with van der Waals surface area (Å²) in [5.41, 5.74) is 2.58. The lowest BCUT2D eigenvalue weighted by Crippen LogP contribution is -2.04. The molecule has 1 aromatic heterocycles. The van der Waals surface area contributed by atoms with Gasteiger partial charge in [-0.25, -0.2) is 4.79 Å². The Morgan fingerprint density at radius 1 is 1.04 bits per heavy atom. The molecule has 4 heteroatoms. The fraction of sp³-hybridized carbons (Fsp3) is 0.261.